The van der Waals surface area contributed by atoms with Crippen LogP contribution in [0.1, 0.15) is 6.92 Å². The number of aliphatic carboxylic acids is 1. The Labute approximate surface area is 60.2 Å². The molecule has 0 aliphatic heterocycles. The van der Waals surface area contributed by atoms with Gasteiger partial charge in [0, 0.05) is 14.1 Å². The molecule has 0 aliphatic carbocycles. The van der Waals surface area contributed by atoms with Gasteiger partial charge in [-0.15, -0.1) is 0 Å². The highest BCUT2D eigenvalue weighted by Gasteiger charge is 1.95. The molecule has 0 atom stereocenters. The van der Waals surface area contributed by atoms with Gasteiger partial charge in [0.15, 0.2) is 0 Å². The van der Waals surface area contributed by atoms with Crippen molar-refractivity contribution in [3.05, 3.63) is 0 Å². The highest BCUT2D eigenvalue weighted by atomic mass is 16.4. The minimum atomic E-state index is -0.902. The van der Waals surface area contributed by atoms with Crippen molar-refractivity contribution in [3.8, 4) is 0 Å². The molecule has 0 aromatic rings. The third-order valence-corrected chi connectivity index (χ3v) is 1.09. The molecular formula is C6H12N2O2. The predicted octanol–water partition coefficient (Wildman–Crippen LogP) is 0.0510. The number of nitrogens with zero attached hydrogens (tertiary/aromatic N) is 2. The van der Waals surface area contributed by atoms with E-state index in [9.17, 15) is 4.79 Å². The Morgan fingerprint density at radius 3 is 2.40 bits per heavy atom. The summed E-state index contributed by atoms with van der Waals surface area (Å²) in [5.41, 5.74) is 0. The van der Waals surface area contributed by atoms with Crippen LogP contribution < -0.4 is 0 Å². The van der Waals surface area contributed by atoms with Crippen LogP contribution in [0.25, 0.3) is 0 Å². The zero-order valence-electron chi connectivity index (χ0n) is 6.46. The van der Waals surface area contributed by atoms with Gasteiger partial charge in [-0.25, -0.2) is 0 Å². The van der Waals surface area contributed by atoms with Crippen LogP contribution >= 0.6 is 0 Å². The lowest BCUT2D eigenvalue weighted by atomic mass is 10.6. The maximum atomic E-state index is 10.0. The minimum Gasteiger partial charge on any atom is -0.480 e. The molecule has 0 aliphatic rings. The van der Waals surface area contributed by atoms with Gasteiger partial charge in [-0.3, -0.25) is 9.79 Å². The third kappa shape index (κ3) is 3.88. The second-order valence-electron chi connectivity index (χ2n) is 2.15. The van der Waals surface area contributed by atoms with Crippen molar-refractivity contribution >= 4 is 11.8 Å². The standard InChI is InChI=1S/C6H12N2O2/c1-5(8(2)3)7-4-6(9)10/h4H2,1-3H3,(H,9,10). The molecule has 0 rings (SSSR count). The predicted molar refractivity (Wildman–Crippen MR) is 39.3 cm³/mol. The first-order chi connectivity index (χ1) is 4.54. The lowest BCUT2D eigenvalue weighted by Gasteiger charge is -2.09. The summed E-state index contributed by atoms with van der Waals surface area (Å²) in [5.74, 6) is -0.177. The number of amidine groups is 1. The van der Waals surface area contributed by atoms with Crippen LogP contribution in [0.2, 0.25) is 0 Å². The average molecular weight is 144 g/mol. The highest BCUT2D eigenvalue weighted by molar-refractivity contribution is 5.81. The highest BCUT2D eigenvalue weighted by Crippen LogP contribution is 1.81. The van der Waals surface area contributed by atoms with Gasteiger partial charge in [0.25, 0.3) is 0 Å². The molecule has 0 heterocycles. The Hall–Kier alpha value is -1.06. The summed E-state index contributed by atoms with van der Waals surface area (Å²) in [6, 6.07) is 0. The van der Waals surface area contributed by atoms with Crippen molar-refractivity contribution in [2.75, 3.05) is 20.6 Å². The van der Waals surface area contributed by atoms with Crippen LogP contribution in [-0.2, 0) is 4.79 Å². The number of carboxylic acid groups (broad SMARTS) is 1. The summed E-state index contributed by atoms with van der Waals surface area (Å²) < 4.78 is 0. The number of hydrogen-bond donors (Lipinski definition) is 1. The Morgan fingerprint density at radius 2 is 2.10 bits per heavy atom. The van der Waals surface area contributed by atoms with Crippen LogP contribution in [0.3, 0.4) is 0 Å². The zero-order valence-corrected chi connectivity index (χ0v) is 6.46. The van der Waals surface area contributed by atoms with Gasteiger partial charge in [0.05, 0.1) is 5.84 Å². The van der Waals surface area contributed by atoms with Crippen LogP contribution in [0, 0.1) is 0 Å². The summed E-state index contributed by atoms with van der Waals surface area (Å²) in [6.45, 7) is 1.62. The molecule has 1 N–H and O–H groups in total. The first-order valence-corrected chi connectivity index (χ1v) is 2.94. The monoisotopic (exact) mass is 144 g/mol. The zero-order chi connectivity index (χ0) is 8.15. The summed E-state index contributed by atoms with van der Waals surface area (Å²) in [4.78, 5) is 15.5. The Balaban J connectivity index is 3.80. The molecule has 0 aromatic carbocycles. The fraction of sp³-hybridized carbons (Fsp3) is 0.667. The molecule has 0 radical (unpaired) electrons. The molecular weight excluding hydrogens is 132 g/mol. The molecule has 10 heavy (non-hydrogen) atoms. The normalized spacial score (nSPS) is 11.3. The maximum absolute atomic E-state index is 10.0. The van der Waals surface area contributed by atoms with E-state index in [0.717, 1.165) is 5.84 Å². The molecule has 0 bridgehead atoms. The molecule has 0 saturated heterocycles. The first-order valence-electron chi connectivity index (χ1n) is 2.94. The second-order valence-corrected chi connectivity index (χ2v) is 2.15. The Morgan fingerprint density at radius 1 is 1.60 bits per heavy atom. The van der Waals surface area contributed by atoms with Gasteiger partial charge in [0.1, 0.15) is 6.54 Å². The maximum Gasteiger partial charge on any atom is 0.325 e. The average Bonchev–Trinajstić information content (AvgIpc) is 1.82. The van der Waals surface area contributed by atoms with E-state index in [0.29, 0.717) is 0 Å². The summed E-state index contributed by atoms with van der Waals surface area (Å²) >= 11 is 0. The Bertz CT molecular complexity index is 152. The van der Waals surface area contributed by atoms with Crippen molar-refractivity contribution < 1.29 is 9.90 Å². The summed E-state index contributed by atoms with van der Waals surface area (Å²) in [5, 5.41) is 8.22. The number of aliphatic imine (C=N–C) groups is 1. The number of carboxylic acids is 1. The SMILES string of the molecule is CC(=NCC(=O)O)N(C)C. The largest absolute Gasteiger partial charge is 0.480 e. The van der Waals surface area contributed by atoms with Crippen molar-refractivity contribution in [1.29, 1.82) is 0 Å². The molecule has 0 saturated carbocycles. The summed E-state index contributed by atoms with van der Waals surface area (Å²) in [7, 11) is 3.64. The topological polar surface area (TPSA) is 52.9 Å². The fourth-order valence-electron chi connectivity index (χ4n) is 0.323. The van der Waals surface area contributed by atoms with E-state index >= 15 is 0 Å². The number of hydrogen-bond acceptors (Lipinski definition) is 2. The van der Waals surface area contributed by atoms with E-state index in [1.807, 2.05) is 14.1 Å². The molecule has 0 fully saturated rings. The lowest BCUT2D eigenvalue weighted by molar-refractivity contribution is -0.135. The van der Waals surface area contributed by atoms with Crippen molar-refractivity contribution in [3.63, 3.8) is 0 Å². The van der Waals surface area contributed by atoms with Gasteiger partial charge in [-0.1, -0.05) is 0 Å². The lowest BCUT2D eigenvalue weighted by Crippen LogP contribution is -2.19. The van der Waals surface area contributed by atoms with Gasteiger partial charge in [0.2, 0.25) is 0 Å². The molecule has 0 aromatic heterocycles. The van der Waals surface area contributed by atoms with Crippen LogP contribution in [0.4, 0.5) is 0 Å². The van der Waals surface area contributed by atoms with E-state index in [4.69, 9.17) is 5.11 Å². The number of rotatable bonds is 2. The van der Waals surface area contributed by atoms with Gasteiger partial charge in [-0.05, 0) is 6.92 Å². The van der Waals surface area contributed by atoms with Gasteiger partial charge >= 0.3 is 5.97 Å². The first kappa shape index (κ1) is 8.94. The van der Waals surface area contributed by atoms with Crippen LogP contribution in [0.5, 0.6) is 0 Å². The van der Waals surface area contributed by atoms with Gasteiger partial charge < -0.3 is 10.0 Å². The van der Waals surface area contributed by atoms with E-state index in [1.165, 1.54) is 0 Å². The second kappa shape index (κ2) is 3.87. The van der Waals surface area contributed by atoms with Crippen molar-refractivity contribution in [2.24, 2.45) is 4.99 Å². The van der Waals surface area contributed by atoms with Crippen LogP contribution in [0.15, 0.2) is 4.99 Å². The minimum absolute atomic E-state index is 0.149. The molecule has 4 nitrogen and oxygen atoms in total. The van der Waals surface area contributed by atoms with Crippen molar-refractivity contribution in [2.45, 2.75) is 6.92 Å². The summed E-state index contributed by atoms with van der Waals surface area (Å²) in [6.07, 6.45) is 0. The quantitative estimate of drug-likeness (QED) is 0.440. The molecule has 0 spiro atoms. The van der Waals surface area contributed by atoms with Gasteiger partial charge in [-0.2, -0.15) is 0 Å². The van der Waals surface area contributed by atoms with E-state index in [1.54, 1.807) is 11.8 Å². The third-order valence-electron chi connectivity index (χ3n) is 1.09. The van der Waals surface area contributed by atoms with Crippen LogP contribution in [-0.4, -0.2) is 42.5 Å². The van der Waals surface area contributed by atoms with Crippen molar-refractivity contribution in [1.82, 2.24) is 4.90 Å². The van der Waals surface area contributed by atoms with E-state index in [2.05, 4.69) is 4.99 Å². The molecule has 4 heteroatoms. The molecule has 0 amide bonds. The molecule has 0 unspecified atom stereocenters. The Kier molecular flexibility index (Phi) is 3.46. The fourth-order valence-corrected chi connectivity index (χ4v) is 0.323. The molecule has 58 valence electrons. The smallest absolute Gasteiger partial charge is 0.325 e. The van der Waals surface area contributed by atoms with E-state index < -0.39 is 5.97 Å². The van der Waals surface area contributed by atoms with E-state index in [-0.39, 0.29) is 6.54 Å². The number of carbonyl (C=O) groups is 1.